The minimum Gasteiger partial charge on any atom is -0.314 e. The maximum Gasteiger partial charge on any atom is 0.0241 e. The van der Waals surface area contributed by atoms with Crippen LogP contribution in [0.4, 0.5) is 0 Å². The van der Waals surface area contributed by atoms with E-state index in [1.807, 2.05) is 0 Å². The molecule has 2 saturated heterocycles. The van der Waals surface area contributed by atoms with Gasteiger partial charge in [-0.05, 0) is 43.8 Å². The van der Waals surface area contributed by atoms with Crippen molar-refractivity contribution in [2.75, 3.05) is 52.4 Å². The van der Waals surface area contributed by atoms with Crippen molar-refractivity contribution >= 4 is 21.5 Å². The van der Waals surface area contributed by atoms with Crippen molar-refractivity contribution in [3.63, 3.8) is 0 Å². The predicted molar refractivity (Wildman–Crippen MR) is 143 cm³/mol. The molecule has 4 aromatic carbocycles. The SMILES string of the molecule is c1ccc2c(-c3c(CN4CCNCC4)ccc4ccccc34)c(CN3CCNCC3)ccc2c1. The van der Waals surface area contributed by atoms with Crippen molar-refractivity contribution in [1.82, 2.24) is 20.4 Å². The second kappa shape index (κ2) is 9.85. The van der Waals surface area contributed by atoms with E-state index in [4.69, 9.17) is 0 Å². The van der Waals surface area contributed by atoms with Crippen molar-refractivity contribution < 1.29 is 0 Å². The second-order valence-corrected chi connectivity index (χ2v) is 9.69. The first-order valence-electron chi connectivity index (χ1n) is 12.7. The third kappa shape index (κ3) is 4.35. The van der Waals surface area contributed by atoms with Gasteiger partial charge in [0.2, 0.25) is 0 Å². The van der Waals surface area contributed by atoms with E-state index in [1.54, 1.807) is 0 Å². The van der Waals surface area contributed by atoms with Crippen molar-refractivity contribution in [3.8, 4) is 11.1 Å². The van der Waals surface area contributed by atoms with Crippen molar-refractivity contribution in [3.05, 3.63) is 83.9 Å². The molecule has 0 saturated carbocycles. The van der Waals surface area contributed by atoms with Gasteiger partial charge < -0.3 is 10.6 Å². The van der Waals surface area contributed by atoms with Crippen LogP contribution in [-0.2, 0) is 13.1 Å². The minimum absolute atomic E-state index is 0.998. The summed E-state index contributed by atoms with van der Waals surface area (Å²) in [5.74, 6) is 0. The fourth-order valence-corrected chi connectivity index (χ4v) is 5.71. The number of rotatable bonds is 5. The summed E-state index contributed by atoms with van der Waals surface area (Å²) in [4.78, 5) is 5.20. The van der Waals surface area contributed by atoms with Crippen LogP contribution in [0, 0.1) is 0 Å². The summed E-state index contributed by atoms with van der Waals surface area (Å²) >= 11 is 0. The minimum atomic E-state index is 0.998. The van der Waals surface area contributed by atoms with Gasteiger partial charge in [-0.15, -0.1) is 0 Å². The molecule has 0 radical (unpaired) electrons. The largest absolute Gasteiger partial charge is 0.314 e. The van der Waals surface area contributed by atoms with Gasteiger partial charge in [0.25, 0.3) is 0 Å². The molecule has 174 valence electrons. The van der Waals surface area contributed by atoms with Crippen LogP contribution < -0.4 is 10.6 Å². The van der Waals surface area contributed by atoms with Gasteiger partial charge in [0.1, 0.15) is 0 Å². The van der Waals surface area contributed by atoms with Crippen LogP contribution in [0.2, 0.25) is 0 Å². The van der Waals surface area contributed by atoms with Gasteiger partial charge in [0.15, 0.2) is 0 Å². The van der Waals surface area contributed by atoms with Crippen LogP contribution in [0.5, 0.6) is 0 Å². The first-order valence-corrected chi connectivity index (χ1v) is 12.7. The zero-order valence-electron chi connectivity index (χ0n) is 19.9. The molecule has 2 heterocycles. The zero-order chi connectivity index (χ0) is 22.7. The van der Waals surface area contributed by atoms with E-state index in [0.717, 1.165) is 65.4 Å². The Kier molecular flexibility index (Phi) is 6.30. The molecule has 0 bridgehead atoms. The van der Waals surface area contributed by atoms with Gasteiger partial charge in [-0.2, -0.15) is 0 Å². The van der Waals surface area contributed by atoms with Crippen molar-refractivity contribution in [1.29, 1.82) is 0 Å². The molecule has 2 aliphatic rings. The Labute approximate surface area is 202 Å². The third-order valence-corrected chi connectivity index (χ3v) is 7.49. The molecule has 4 aromatic rings. The van der Waals surface area contributed by atoms with E-state index in [0.29, 0.717) is 0 Å². The fourth-order valence-electron chi connectivity index (χ4n) is 5.71. The maximum absolute atomic E-state index is 3.50. The molecule has 2 N–H and O–H groups in total. The molecule has 4 heteroatoms. The molecule has 2 aliphatic heterocycles. The van der Waals surface area contributed by atoms with Crippen LogP contribution >= 0.6 is 0 Å². The Balaban J connectivity index is 1.56. The van der Waals surface area contributed by atoms with Gasteiger partial charge in [-0.3, -0.25) is 9.80 Å². The summed E-state index contributed by atoms with van der Waals surface area (Å²) in [5.41, 5.74) is 5.74. The topological polar surface area (TPSA) is 30.5 Å². The molecule has 0 atom stereocenters. The molecule has 34 heavy (non-hydrogen) atoms. The van der Waals surface area contributed by atoms with Crippen LogP contribution in [0.1, 0.15) is 11.1 Å². The lowest BCUT2D eigenvalue weighted by molar-refractivity contribution is 0.232. The summed E-state index contributed by atoms with van der Waals surface area (Å²) in [6.45, 7) is 10.7. The van der Waals surface area contributed by atoms with E-state index >= 15 is 0 Å². The van der Waals surface area contributed by atoms with Crippen LogP contribution in [0.15, 0.2) is 72.8 Å². The van der Waals surface area contributed by atoms with Crippen molar-refractivity contribution in [2.24, 2.45) is 0 Å². The number of fused-ring (bicyclic) bond motifs is 2. The van der Waals surface area contributed by atoms with Crippen LogP contribution in [0.3, 0.4) is 0 Å². The predicted octanol–water partition coefficient (Wildman–Crippen LogP) is 4.47. The van der Waals surface area contributed by atoms with Gasteiger partial charge in [0.05, 0.1) is 0 Å². The number of benzene rings is 4. The second-order valence-electron chi connectivity index (χ2n) is 9.69. The Morgan fingerprint density at radius 2 is 0.912 bits per heavy atom. The summed E-state index contributed by atoms with van der Waals surface area (Å²) in [6, 6.07) is 27.3. The molecule has 0 aliphatic carbocycles. The molecular weight excluding hydrogens is 416 g/mol. The Hall–Kier alpha value is -2.76. The Morgan fingerprint density at radius 3 is 1.35 bits per heavy atom. The highest BCUT2D eigenvalue weighted by Crippen LogP contribution is 2.40. The number of piperazine rings is 2. The summed E-state index contributed by atoms with van der Waals surface area (Å²) in [5, 5.41) is 12.4. The molecule has 6 rings (SSSR count). The fraction of sp³-hybridized carbons (Fsp3) is 0.333. The molecule has 0 spiro atoms. The first kappa shape index (κ1) is 21.8. The lowest BCUT2D eigenvalue weighted by Gasteiger charge is -2.30. The third-order valence-electron chi connectivity index (χ3n) is 7.49. The van der Waals surface area contributed by atoms with E-state index < -0.39 is 0 Å². The van der Waals surface area contributed by atoms with E-state index in [9.17, 15) is 0 Å². The number of nitrogens with one attached hydrogen (secondary N) is 2. The zero-order valence-corrected chi connectivity index (χ0v) is 19.9. The quantitative estimate of drug-likeness (QED) is 0.470. The molecule has 0 unspecified atom stereocenters. The van der Waals surface area contributed by atoms with E-state index in [1.165, 1.54) is 43.8 Å². The number of hydrogen-bond acceptors (Lipinski definition) is 4. The molecule has 0 amide bonds. The van der Waals surface area contributed by atoms with E-state index in [-0.39, 0.29) is 0 Å². The Bertz CT molecular complexity index is 1180. The summed E-state index contributed by atoms with van der Waals surface area (Å²) in [7, 11) is 0. The smallest absolute Gasteiger partial charge is 0.0241 e. The highest BCUT2D eigenvalue weighted by atomic mass is 15.2. The van der Waals surface area contributed by atoms with Gasteiger partial charge in [-0.25, -0.2) is 0 Å². The van der Waals surface area contributed by atoms with Gasteiger partial charge in [0, 0.05) is 65.4 Å². The number of hydrogen-bond donors (Lipinski definition) is 2. The maximum atomic E-state index is 3.50. The van der Waals surface area contributed by atoms with Gasteiger partial charge >= 0.3 is 0 Å². The lowest BCUT2D eigenvalue weighted by Crippen LogP contribution is -2.43. The first-order chi connectivity index (χ1) is 16.9. The average molecular weight is 451 g/mol. The highest BCUT2D eigenvalue weighted by Gasteiger charge is 2.21. The number of nitrogens with zero attached hydrogens (tertiary/aromatic N) is 2. The monoisotopic (exact) mass is 450 g/mol. The highest BCUT2D eigenvalue weighted by molar-refractivity contribution is 6.07. The van der Waals surface area contributed by atoms with Crippen molar-refractivity contribution in [2.45, 2.75) is 13.1 Å². The summed E-state index contributed by atoms with van der Waals surface area (Å²) < 4.78 is 0. The summed E-state index contributed by atoms with van der Waals surface area (Å²) in [6.07, 6.45) is 0. The molecule has 4 nitrogen and oxygen atoms in total. The molecular formula is C30H34N4. The lowest BCUT2D eigenvalue weighted by atomic mass is 9.86. The van der Waals surface area contributed by atoms with E-state index in [2.05, 4.69) is 93.2 Å². The Morgan fingerprint density at radius 1 is 0.500 bits per heavy atom. The molecule has 0 aromatic heterocycles. The van der Waals surface area contributed by atoms with Crippen LogP contribution in [0.25, 0.3) is 32.7 Å². The molecule has 2 fully saturated rings. The van der Waals surface area contributed by atoms with Crippen LogP contribution in [-0.4, -0.2) is 62.2 Å². The normalized spacial score (nSPS) is 18.0. The average Bonchev–Trinajstić information content (AvgIpc) is 2.90. The standard InChI is InChI=1S/C30H34N4/c1-3-7-27-23(5-1)9-11-25(21-33-17-13-31-14-18-33)29(27)30-26(22-34-19-15-32-16-20-34)12-10-24-6-2-4-8-28(24)30/h1-12,31-32H,13-22H2. The van der Waals surface area contributed by atoms with Gasteiger partial charge in [-0.1, -0.05) is 72.8 Å².